The zero-order valence-corrected chi connectivity index (χ0v) is 5.96. The highest BCUT2D eigenvalue weighted by Crippen LogP contribution is 2.10. The summed E-state index contributed by atoms with van der Waals surface area (Å²) in [6, 6.07) is 0. The van der Waals surface area contributed by atoms with E-state index in [9.17, 15) is 0 Å². The second kappa shape index (κ2) is 2.42. The molecular formula is C4H5ClN2S. The molecule has 0 aliphatic rings. The van der Waals surface area contributed by atoms with Crippen LogP contribution in [0, 0.1) is 0 Å². The van der Waals surface area contributed by atoms with E-state index in [0.717, 1.165) is 12.2 Å². The van der Waals surface area contributed by atoms with Gasteiger partial charge in [-0.15, -0.1) is 0 Å². The summed E-state index contributed by atoms with van der Waals surface area (Å²) < 4.78 is 4.46. The standard InChI is InChI=1S/C4H5ClN2S/c1-2-3-6-4(5)8-7-3/h2H2,1H3. The monoisotopic (exact) mass is 148 g/mol. The maximum absolute atomic E-state index is 5.48. The summed E-state index contributed by atoms with van der Waals surface area (Å²) in [7, 11) is 0. The molecule has 0 aliphatic carbocycles. The first kappa shape index (κ1) is 5.98. The molecule has 1 aromatic rings. The molecule has 0 unspecified atom stereocenters. The summed E-state index contributed by atoms with van der Waals surface area (Å²) in [4.78, 5) is 3.90. The van der Waals surface area contributed by atoms with Gasteiger partial charge in [-0.1, -0.05) is 6.92 Å². The van der Waals surface area contributed by atoms with Crippen molar-refractivity contribution in [3.8, 4) is 0 Å². The van der Waals surface area contributed by atoms with E-state index in [0.29, 0.717) is 4.47 Å². The van der Waals surface area contributed by atoms with Gasteiger partial charge < -0.3 is 0 Å². The Morgan fingerprint density at radius 1 is 1.75 bits per heavy atom. The maximum atomic E-state index is 5.48. The molecule has 0 spiro atoms. The highest BCUT2D eigenvalue weighted by molar-refractivity contribution is 7.10. The topological polar surface area (TPSA) is 25.8 Å². The van der Waals surface area contributed by atoms with E-state index in [1.165, 1.54) is 11.5 Å². The van der Waals surface area contributed by atoms with Gasteiger partial charge in [0, 0.05) is 6.42 Å². The first-order chi connectivity index (χ1) is 3.83. The summed E-state index contributed by atoms with van der Waals surface area (Å²) >= 11 is 6.72. The van der Waals surface area contributed by atoms with Crippen LogP contribution in [0.25, 0.3) is 0 Å². The molecule has 0 radical (unpaired) electrons. The Hall–Kier alpha value is -0.150. The quantitative estimate of drug-likeness (QED) is 0.607. The summed E-state index contributed by atoms with van der Waals surface area (Å²) in [5.74, 6) is 0.833. The molecule has 0 amide bonds. The maximum Gasteiger partial charge on any atom is 0.203 e. The zero-order valence-electron chi connectivity index (χ0n) is 4.39. The van der Waals surface area contributed by atoms with Crippen molar-refractivity contribution >= 4 is 23.1 Å². The van der Waals surface area contributed by atoms with Gasteiger partial charge in [0.15, 0.2) is 0 Å². The lowest BCUT2D eigenvalue weighted by Gasteiger charge is -1.76. The Morgan fingerprint density at radius 3 is 2.75 bits per heavy atom. The van der Waals surface area contributed by atoms with E-state index >= 15 is 0 Å². The number of rotatable bonds is 1. The van der Waals surface area contributed by atoms with Crippen molar-refractivity contribution in [2.75, 3.05) is 0 Å². The van der Waals surface area contributed by atoms with Crippen molar-refractivity contribution in [2.24, 2.45) is 0 Å². The normalized spacial score (nSPS) is 9.75. The van der Waals surface area contributed by atoms with Crippen LogP contribution in [-0.2, 0) is 6.42 Å². The molecular weight excluding hydrogens is 144 g/mol. The van der Waals surface area contributed by atoms with Crippen LogP contribution in [0.4, 0.5) is 0 Å². The van der Waals surface area contributed by atoms with Gasteiger partial charge in [-0.2, -0.15) is 4.37 Å². The molecule has 0 N–H and O–H groups in total. The first-order valence-electron chi connectivity index (χ1n) is 2.31. The van der Waals surface area contributed by atoms with Gasteiger partial charge in [-0.3, -0.25) is 0 Å². The van der Waals surface area contributed by atoms with Crippen LogP contribution in [-0.4, -0.2) is 9.36 Å². The molecule has 8 heavy (non-hydrogen) atoms. The highest BCUT2D eigenvalue weighted by Gasteiger charge is 1.95. The fourth-order valence-electron chi connectivity index (χ4n) is 0.376. The Bertz CT molecular complexity index is 174. The van der Waals surface area contributed by atoms with Crippen molar-refractivity contribution in [3.05, 3.63) is 10.3 Å². The van der Waals surface area contributed by atoms with Gasteiger partial charge >= 0.3 is 0 Å². The van der Waals surface area contributed by atoms with Gasteiger partial charge in [-0.25, -0.2) is 4.98 Å². The predicted octanol–water partition coefficient (Wildman–Crippen LogP) is 1.75. The van der Waals surface area contributed by atoms with Crippen LogP contribution >= 0.6 is 23.1 Å². The van der Waals surface area contributed by atoms with Gasteiger partial charge in [0.25, 0.3) is 0 Å². The SMILES string of the molecule is CCc1nsc(Cl)n1. The largest absolute Gasteiger partial charge is 0.208 e. The molecule has 0 atom stereocenters. The van der Waals surface area contributed by atoms with Crippen LogP contribution in [0.5, 0.6) is 0 Å². The zero-order chi connectivity index (χ0) is 5.98. The van der Waals surface area contributed by atoms with Gasteiger partial charge in [0.05, 0.1) is 0 Å². The van der Waals surface area contributed by atoms with Crippen molar-refractivity contribution in [3.63, 3.8) is 0 Å². The summed E-state index contributed by atoms with van der Waals surface area (Å²) in [5.41, 5.74) is 0. The highest BCUT2D eigenvalue weighted by atomic mass is 35.5. The summed E-state index contributed by atoms with van der Waals surface area (Å²) in [6.45, 7) is 2.00. The molecule has 2 nitrogen and oxygen atoms in total. The number of halogens is 1. The fourth-order valence-corrected chi connectivity index (χ4v) is 1.07. The molecule has 4 heteroatoms. The van der Waals surface area contributed by atoms with Crippen LogP contribution in [0.1, 0.15) is 12.7 Å². The average Bonchev–Trinajstić information content (AvgIpc) is 2.14. The fraction of sp³-hybridized carbons (Fsp3) is 0.500. The molecule has 0 bridgehead atoms. The average molecular weight is 149 g/mol. The minimum absolute atomic E-state index is 0.529. The van der Waals surface area contributed by atoms with E-state index in [-0.39, 0.29) is 0 Å². The lowest BCUT2D eigenvalue weighted by atomic mass is 10.5. The second-order valence-electron chi connectivity index (χ2n) is 1.32. The number of hydrogen-bond donors (Lipinski definition) is 0. The van der Waals surface area contributed by atoms with Gasteiger partial charge in [-0.05, 0) is 23.1 Å². The van der Waals surface area contributed by atoms with E-state index in [4.69, 9.17) is 11.6 Å². The van der Waals surface area contributed by atoms with E-state index in [2.05, 4.69) is 9.36 Å². The predicted molar refractivity (Wildman–Crippen MR) is 34.3 cm³/mol. The molecule has 0 aromatic carbocycles. The van der Waals surface area contributed by atoms with Crippen LogP contribution in [0.15, 0.2) is 0 Å². The number of aryl methyl sites for hydroxylation is 1. The molecule has 0 aliphatic heterocycles. The lowest BCUT2D eigenvalue weighted by molar-refractivity contribution is 1.000. The lowest BCUT2D eigenvalue weighted by Crippen LogP contribution is -1.79. The minimum atomic E-state index is 0.529. The van der Waals surface area contributed by atoms with Crippen LogP contribution in [0.2, 0.25) is 4.47 Å². The molecule has 1 rings (SSSR count). The van der Waals surface area contributed by atoms with Crippen LogP contribution in [0.3, 0.4) is 0 Å². The van der Waals surface area contributed by atoms with E-state index < -0.39 is 0 Å². The number of hydrogen-bond acceptors (Lipinski definition) is 3. The molecule has 1 aromatic heterocycles. The smallest absolute Gasteiger partial charge is 0.203 e. The third kappa shape index (κ3) is 1.17. The molecule has 1 heterocycles. The minimum Gasteiger partial charge on any atom is -0.208 e. The molecule has 0 saturated heterocycles. The van der Waals surface area contributed by atoms with Crippen molar-refractivity contribution < 1.29 is 0 Å². The van der Waals surface area contributed by atoms with Crippen molar-refractivity contribution in [1.82, 2.24) is 9.36 Å². The molecule has 44 valence electrons. The van der Waals surface area contributed by atoms with Crippen molar-refractivity contribution in [1.29, 1.82) is 0 Å². The third-order valence-corrected chi connectivity index (χ3v) is 1.60. The Kier molecular flexibility index (Phi) is 1.81. The Labute approximate surface area is 56.7 Å². The summed E-state index contributed by atoms with van der Waals surface area (Å²) in [5, 5.41) is 0. The van der Waals surface area contributed by atoms with Gasteiger partial charge in [0.2, 0.25) is 4.47 Å². The third-order valence-electron chi connectivity index (χ3n) is 0.760. The van der Waals surface area contributed by atoms with E-state index in [1.54, 1.807) is 0 Å². The molecule has 0 saturated carbocycles. The number of aromatic nitrogens is 2. The van der Waals surface area contributed by atoms with E-state index in [1.807, 2.05) is 6.92 Å². The van der Waals surface area contributed by atoms with Crippen LogP contribution < -0.4 is 0 Å². The number of nitrogens with zero attached hydrogens (tertiary/aromatic N) is 2. The van der Waals surface area contributed by atoms with Crippen molar-refractivity contribution in [2.45, 2.75) is 13.3 Å². The van der Waals surface area contributed by atoms with Gasteiger partial charge in [0.1, 0.15) is 5.82 Å². The first-order valence-corrected chi connectivity index (χ1v) is 3.46. The second-order valence-corrected chi connectivity index (χ2v) is 2.65. The summed E-state index contributed by atoms with van der Waals surface area (Å²) in [6.07, 6.45) is 0.864. The molecule has 0 fully saturated rings. The Balaban J connectivity index is 2.84. The Morgan fingerprint density at radius 2 is 2.50 bits per heavy atom.